The monoisotopic (exact) mass is 448 g/mol. The molecule has 0 N–H and O–H groups in total. The van der Waals surface area contributed by atoms with Gasteiger partial charge in [-0.05, 0) is 43.8 Å². The number of fused-ring (bicyclic) bond motifs is 1. The summed E-state index contributed by atoms with van der Waals surface area (Å²) in [5, 5.41) is 9.57. The highest BCUT2D eigenvalue weighted by atomic mass is 32.2. The molecule has 6 nitrogen and oxygen atoms in total. The third-order valence-electron chi connectivity index (χ3n) is 5.04. The van der Waals surface area contributed by atoms with Gasteiger partial charge < -0.3 is 4.57 Å². The smallest absolute Gasteiger partial charge is 0.191 e. The van der Waals surface area contributed by atoms with Crippen molar-refractivity contribution in [1.82, 2.24) is 29.6 Å². The molecular weight excluding hydrogens is 423 g/mol. The number of aromatic nitrogens is 5. The second-order valence-corrected chi connectivity index (χ2v) is 8.58. The van der Waals surface area contributed by atoms with Crippen molar-refractivity contribution in [3.05, 3.63) is 89.8 Å². The normalized spacial score (nSPS) is 11.4. The number of rotatable bonds is 9. The maximum absolute atomic E-state index is 13.5. The molecule has 0 radical (unpaired) electrons. The SMILES string of the molecule is C=CCn1c(CN(C)Cc2nc3ccccc3nc2C)nnc1SCc1cccc(F)c1. The zero-order chi connectivity index (χ0) is 22.5. The first-order valence-corrected chi connectivity index (χ1v) is 11.3. The van der Waals surface area contributed by atoms with E-state index in [2.05, 4.69) is 26.7 Å². The highest BCUT2D eigenvalue weighted by Crippen LogP contribution is 2.23. The molecule has 2 aromatic carbocycles. The van der Waals surface area contributed by atoms with Crippen LogP contribution in [0.15, 0.2) is 66.3 Å². The predicted octanol–water partition coefficient (Wildman–Crippen LogP) is 4.78. The topological polar surface area (TPSA) is 59.7 Å². The molecule has 2 heterocycles. The van der Waals surface area contributed by atoms with Crippen LogP contribution in [-0.4, -0.2) is 36.7 Å². The van der Waals surface area contributed by atoms with Crippen LogP contribution in [0.2, 0.25) is 0 Å². The van der Waals surface area contributed by atoms with Crippen molar-refractivity contribution in [1.29, 1.82) is 0 Å². The van der Waals surface area contributed by atoms with Crippen LogP contribution in [0.3, 0.4) is 0 Å². The first kappa shape index (κ1) is 22.1. The minimum absolute atomic E-state index is 0.231. The largest absolute Gasteiger partial charge is 0.301 e. The van der Waals surface area contributed by atoms with Gasteiger partial charge in [0.15, 0.2) is 5.16 Å². The summed E-state index contributed by atoms with van der Waals surface area (Å²) in [5.41, 5.74) is 4.58. The van der Waals surface area contributed by atoms with Crippen LogP contribution in [-0.2, 0) is 25.4 Å². The van der Waals surface area contributed by atoms with Crippen LogP contribution in [0.5, 0.6) is 0 Å². The summed E-state index contributed by atoms with van der Waals surface area (Å²) in [4.78, 5) is 11.6. The van der Waals surface area contributed by atoms with Crippen LogP contribution in [0.4, 0.5) is 4.39 Å². The number of halogens is 1. The first-order chi connectivity index (χ1) is 15.5. The Balaban J connectivity index is 1.47. The Morgan fingerprint density at radius 2 is 1.84 bits per heavy atom. The lowest BCUT2D eigenvalue weighted by molar-refractivity contribution is 0.300. The number of para-hydroxylation sites is 2. The summed E-state index contributed by atoms with van der Waals surface area (Å²) in [6, 6.07) is 14.5. The van der Waals surface area contributed by atoms with Gasteiger partial charge in [0.25, 0.3) is 0 Å². The Kier molecular flexibility index (Phi) is 6.92. The van der Waals surface area contributed by atoms with Gasteiger partial charge in [0.05, 0.1) is 29.0 Å². The predicted molar refractivity (Wildman–Crippen MR) is 126 cm³/mol. The average molecular weight is 449 g/mol. The van der Waals surface area contributed by atoms with Crippen molar-refractivity contribution in [3.8, 4) is 0 Å². The summed E-state index contributed by atoms with van der Waals surface area (Å²) in [5.74, 6) is 1.24. The molecular formula is C24H25FN6S. The van der Waals surface area contributed by atoms with Gasteiger partial charge in [0.1, 0.15) is 11.6 Å². The second kappa shape index (κ2) is 10.0. The number of allylic oxidation sites excluding steroid dienone is 1. The van der Waals surface area contributed by atoms with Crippen molar-refractivity contribution in [2.24, 2.45) is 0 Å². The highest BCUT2D eigenvalue weighted by Gasteiger charge is 2.15. The Bertz CT molecular complexity index is 1240. The minimum atomic E-state index is -0.231. The van der Waals surface area contributed by atoms with E-state index in [1.165, 1.54) is 17.8 Å². The number of hydrogen-bond donors (Lipinski definition) is 0. The number of nitrogens with zero attached hydrogens (tertiary/aromatic N) is 6. The number of benzene rings is 2. The van der Waals surface area contributed by atoms with Crippen LogP contribution in [0.1, 0.15) is 22.8 Å². The Labute approximate surface area is 191 Å². The minimum Gasteiger partial charge on any atom is -0.301 e. The molecule has 8 heteroatoms. The van der Waals surface area contributed by atoms with Crippen molar-refractivity contribution >= 4 is 22.8 Å². The Hall–Kier alpha value is -3.10. The molecule has 0 unspecified atom stereocenters. The van der Waals surface area contributed by atoms with Gasteiger partial charge >= 0.3 is 0 Å². The fraction of sp³-hybridized carbons (Fsp3) is 0.250. The molecule has 4 aromatic rings. The summed E-state index contributed by atoms with van der Waals surface area (Å²) >= 11 is 1.54. The lowest BCUT2D eigenvalue weighted by Crippen LogP contribution is -2.21. The van der Waals surface area contributed by atoms with Crippen molar-refractivity contribution in [3.63, 3.8) is 0 Å². The molecule has 0 amide bonds. The molecule has 32 heavy (non-hydrogen) atoms. The molecule has 2 aromatic heterocycles. The first-order valence-electron chi connectivity index (χ1n) is 10.3. The zero-order valence-electron chi connectivity index (χ0n) is 18.2. The van der Waals surface area contributed by atoms with E-state index >= 15 is 0 Å². The molecule has 0 bridgehead atoms. The zero-order valence-corrected chi connectivity index (χ0v) is 19.0. The molecule has 4 rings (SSSR count). The van der Waals surface area contributed by atoms with E-state index < -0.39 is 0 Å². The van der Waals surface area contributed by atoms with Crippen LogP contribution >= 0.6 is 11.8 Å². The molecule has 0 saturated heterocycles. The Morgan fingerprint density at radius 3 is 2.59 bits per heavy atom. The maximum Gasteiger partial charge on any atom is 0.191 e. The molecule has 0 aliphatic rings. The lowest BCUT2D eigenvalue weighted by atomic mass is 10.2. The van der Waals surface area contributed by atoms with Crippen molar-refractivity contribution in [2.75, 3.05) is 7.05 Å². The van der Waals surface area contributed by atoms with E-state index in [-0.39, 0.29) is 5.82 Å². The Morgan fingerprint density at radius 1 is 1.06 bits per heavy atom. The summed E-state index contributed by atoms with van der Waals surface area (Å²) in [6.07, 6.45) is 1.83. The van der Waals surface area contributed by atoms with E-state index in [1.807, 2.05) is 54.9 Å². The van der Waals surface area contributed by atoms with Gasteiger partial charge in [0.2, 0.25) is 0 Å². The molecule has 0 atom stereocenters. The molecule has 0 aliphatic heterocycles. The van der Waals surface area contributed by atoms with Gasteiger partial charge in [-0.3, -0.25) is 4.90 Å². The maximum atomic E-state index is 13.5. The quantitative estimate of drug-likeness (QED) is 0.271. The molecule has 0 fully saturated rings. The van der Waals surface area contributed by atoms with Gasteiger partial charge in [-0.25, -0.2) is 14.4 Å². The fourth-order valence-electron chi connectivity index (χ4n) is 3.46. The number of aryl methyl sites for hydroxylation is 1. The standard InChI is InChI=1S/C24H25FN6S/c1-4-12-31-23(28-29-24(31)32-16-18-8-7-9-19(25)13-18)15-30(3)14-22-17(2)26-20-10-5-6-11-21(20)27-22/h4-11,13H,1,12,14-16H2,2-3H3. The van der Waals surface area contributed by atoms with Gasteiger partial charge in [-0.1, -0.05) is 42.1 Å². The van der Waals surface area contributed by atoms with Gasteiger partial charge in [0, 0.05) is 18.8 Å². The van der Waals surface area contributed by atoms with Crippen LogP contribution in [0.25, 0.3) is 11.0 Å². The number of thioether (sulfide) groups is 1. The third-order valence-corrected chi connectivity index (χ3v) is 6.07. The van der Waals surface area contributed by atoms with Crippen molar-refractivity contribution in [2.45, 2.75) is 37.5 Å². The number of hydrogen-bond acceptors (Lipinski definition) is 6. The van der Waals surface area contributed by atoms with E-state index in [9.17, 15) is 4.39 Å². The molecule has 0 saturated carbocycles. The molecule has 0 spiro atoms. The highest BCUT2D eigenvalue weighted by molar-refractivity contribution is 7.98. The van der Waals surface area contributed by atoms with E-state index in [1.54, 1.807) is 12.1 Å². The fourth-order valence-corrected chi connectivity index (χ4v) is 4.37. The molecule has 164 valence electrons. The molecule has 0 aliphatic carbocycles. The summed E-state index contributed by atoms with van der Waals surface area (Å²) in [7, 11) is 2.03. The van der Waals surface area contributed by atoms with E-state index in [4.69, 9.17) is 4.98 Å². The second-order valence-electron chi connectivity index (χ2n) is 7.63. The van der Waals surface area contributed by atoms with E-state index in [0.717, 1.165) is 39.0 Å². The van der Waals surface area contributed by atoms with Crippen LogP contribution in [0, 0.1) is 12.7 Å². The van der Waals surface area contributed by atoms with E-state index in [0.29, 0.717) is 25.4 Å². The summed E-state index contributed by atoms with van der Waals surface area (Å²) < 4.78 is 15.5. The van der Waals surface area contributed by atoms with Crippen molar-refractivity contribution < 1.29 is 4.39 Å². The third kappa shape index (κ3) is 5.20. The van der Waals surface area contributed by atoms with Gasteiger partial charge in [-0.2, -0.15) is 0 Å². The van der Waals surface area contributed by atoms with Crippen LogP contribution < -0.4 is 0 Å². The lowest BCUT2D eigenvalue weighted by Gasteiger charge is -2.17. The average Bonchev–Trinajstić information content (AvgIpc) is 3.14. The van der Waals surface area contributed by atoms with Gasteiger partial charge in [-0.15, -0.1) is 16.8 Å². The summed E-state index contributed by atoms with van der Waals surface area (Å²) in [6.45, 7) is 7.72.